The van der Waals surface area contributed by atoms with Gasteiger partial charge in [-0.05, 0) is 19.3 Å². The lowest BCUT2D eigenvalue weighted by atomic mass is 10.0. The third kappa shape index (κ3) is 43.4. The molecule has 0 bridgehead atoms. The van der Waals surface area contributed by atoms with E-state index in [0.717, 1.165) is 57.8 Å². The fourth-order valence-corrected chi connectivity index (χ4v) is 7.38. The average Bonchev–Trinajstić information content (AvgIpc) is 3.18. The number of carbonyl (C=O) groups is 3. The van der Waals surface area contributed by atoms with Crippen LogP contribution in [0.1, 0.15) is 278 Å². The molecule has 0 spiro atoms. The first-order valence-electron chi connectivity index (χ1n) is 24.5. The molecule has 0 rings (SSSR count). The molecule has 55 heavy (non-hydrogen) atoms. The lowest BCUT2D eigenvalue weighted by Crippen LogP contribution is -2.30. The lowest BCUT2D eigenvalue weighted by Gasteiger charge is -2.18. The molecule has 0 heterocycles. The summed E-state index contributed by atoms with van der Waals surface area (Å²) < 4.78 is 16.7. The fraction of sp³-hybridized carbons (Fsp3) is 0.939. The summed E-state index contributed by atoms with van der Waals surface area (Å²) in [6.07, 6.45) is 46.5. The van der Waals surface area contributed by atoms with E-state index in [4.69, 9.17) is 14.2 Å². The summed E-state index contributed by atoms with van der Waals surface area (Å²) in [6, 6.07) is 0. The quantitative estimate of drug-likeness (QED) is 0.0348. The van der Waals surface area contributed by atoms with E-state index >= 15 is 0 Å². The number of unbranched alkanes of at least 4 members (excludes halogenated alkanes) is 34. The van der Waals surface area contributed by atoms with Gasteiger partial charge in [0.2, 0.25) is 0 Å². The monoisotopic (exact) mass is 779 g/mol. The SMILES string of the molecule is CCCCCCCCCCCCCCCCCC(=O)OC[C@H](COC(=O)CCCCCCCCCCCCCCC)OC(=O)CCCCCCCCCCC. The highest BCUT2D eigenvalue weighted by Crippen LogP contribution is 2.16. The van der Waals surface area contributed by atoms with Gasteiger partial charge < -0.3 is 14.2 Å². The lowest BCUT2D eigenvalue weighted by molar-refractivity contribution is -0.167. The van der Waals surface area contributed by atoms with Crippen LogP contribution in [0.2, 0.25) is 0 Å². The smallest absolute Gasteiger partial charge is 0.306 e. The van der Waals surface area contributed by atoms with Crippen LogP contribution in [0.5, 0.6) is 0 Å². The van der Waals surface area contributed by atoms with Crippen molar-refractivity contribution in [1.82, 2.24) is 0 Å². The number of hydrogen-bond donors (Lipinski definition) is 0. The standard InChI is InChI=1S/C49H94O6/c1-4-7-10-13-16-19-21-23-24-26-28-31-33-36-39-42-48(51)54-45-46(55-49(52)43-40-37-34-29-18-15-12-9-6-3)44-53-47(50)41-38-35-32-30-27-25-22-20-17-14-11-8-5-2/h46H,4-45H2,1-3H3/t46-/m0/s1. The van der Waals surface area contributed by atoms with E-state index in [1.165, 1.54) is 180 Å². The zero-order chi connectivity index (χ0) is 40.1. The molecule has 0 aromatic heterocycles. The highest BCUT2D eigenvalue weighted by Gasteiger charge is 2.19. The van der Waals surface area contributed by atoms with Gasteiger partial charge in [0, 0.05) is 19.3 Å². The molecule has 1 atom stereocenters. The first kappa shape index (κ1) is 53.4. The maximum atomic E-state index is 12.7. The summed E-state index contributed by atoms with van der Waals surface area (Å²) in [6.45, 7) is 6.65. The van der Waals surface area contributed by atoms with Crippen LogP contribution in [0.15, 0.2) is 0 Å². The fourth-order valence-electron chi connectivity index (χ4n) is 7.38. The maximum Gasteiger partial charge on any atom is 0.306 e. The number of rotatable bonds is 45. The minimum absolute atomic E-state index is 0.0624. The molecule has 6 heteroatoms. The molecule has 326 valence electrons. The Morgan fingerprint density at radius 2 is 0.491 bits per heavy atom. The minimum Gasteiger partial charge on any atom is -0.462 e. The molecular formula is C49H94O6. The predicted octanol–water partition coefficient (Wildman–Crippen LogP) is 15.6. The van der Waals surface area contributed by atoms with Crippen molar-refractivity contribution >= 4 is 17.9 Å². The van der Waals surface area contributed by atoms with Crippen LogP contribution in [-0.4, -0.2) is 37.2 Å². The van der Waals surface area contributed by atoms with Crippen molar-refractivity contribution in [2.24, 2.45) is 0 Å². The van der Waals surface area contributed by atoms with Crippen molar-refractivity contribution in [3.05, 3.63) is 0 Å². The Labute approximate surface area is 342 Å². The van der Waals surface area contributed by atoms with Crippen molar-refractivity contribution in [3.63, 3.8) is 0 Å². The Kier molecular flexibility index (Phi) is 43.8. The van der Waals surface area contributed by atoms with E-state index in [-0.39, 0.29) is 31.1 Å². The Morgan fingerprint density at radius 3 is 0.727 bits per heavy atom. The van der Waals surface area contributed by atoms with E-state index in [1.54, 1.807) is 0 Å². The molecule has 0 saturated carbocycles. The molecule has 0 unspecified atom stereocenters. The van der Waals surface area contributed by atoms with Gasteiger partial charge in [0.25, 0.3) is 0 Å². The first-order valence-corrected chi connectivity index (χ1v) is 24.5. The summed E-state index contributed by atoms with van der Waals surface area (Å²) in [7, 11) is 0. The van der Waals surface area contributed by atoms with E-state index in [2.05, 4.69) is 20.8 Å². The highest BCUT2D eigenvalue weighted by molar-refractivity contribution is 5.71. The summed E-state index contributed by atoms with van der Waals surface area (Å²) in [4.78, 5) is 37.7. The predicted molar refractivity (Wildman–Crippen MR) is 233 cm³/mol. The van der Waals surface area contributed by atoms with Gasteiger partial charge in [0.15, 0.2) is 6.10 Å². The Hall–Kier alpha value is -1.59. The van der Waals surface area contributed by atoms with Crippen molar-refractivity contribution in [2.75, 3.05) is 13.2 Å². The van der Waals surface area contributed by atoms with Gasteiger partial charge in [0.1, 0.15) is 13.2 Å². The number of ether oxygens (including phenoxy) is 3. The maximum absolute atomic E-state index is 12.7. The minimum atomic E-state index is -0.758. The third-order valence-electron chi connectivity index (χ3n) is 11.1. The second kappa shape index (κ2) is 45.1. The van der Waals surface area contributed by atoms with E-state index < -0.39 is 6.10 Å². The Bertz CT molecular complexity index is 813. The zero-order valence-corrected chi connectivity index (χ0v) is 37.2. The first-order chi connectivity index (χ1) is 27.0. The summed E-state index contributed by atoms with van der Waals surface area (Å²) in [5, 5.41) is 0. The van der Waals surface area contributed by atoms with Crippen LogP contribution in [0, 0.1) is 0 Å². The van der Waals surface area contributed by atoms with E-state index in [1.807, 2.05) is 0 Å². The highest BCUT2D eigenvalue weighted by atomic mass is 16.6. The molecule has 0 aliphatic heterocycles. The normalized spacial score (nSPS) is 11.8. The molecule has 6 nitrogen and oxygen atoms in total. The molecule has 0 aromatic carbocycles. The largest absolute Gasteiger partial charge is 0.462 e. The topological polar surface area (TPSA) is 78.9 Å². The Morgan fingerprint density at radius 1 is 0.291 bits per heavy atom. The molecule has 0 aromatic rings. The van der Waals surface area contributed by atoms with Gasteiger partial charge in [-0.15, -0.1) is 0 Å². The van der Waals surface area contributed by atoms with Gasteiger partial charge in [-0.1, -0.05) is 239 Å². The van der Waals surface area contributed by atoms with Crippen molar-refractivity contribution in [3.8, 4) is 0 Å². The zero-order valence-electron chi connectivity index (χ0n) is 37.2. The molecule has 0 aliphatic carbocycles. The van der Waals surface area contributed by atoms with Crippen molar-refractivity contribution in [1.29, 1.82) is 0 Å². The van der Waals surface area contributed by atoms with Crippen LogP contribution in [0.3, 0.4) is 0 Å². The molecule has 0 amide bonds. The summed E-state index contributed by atoms with van der Waals surface area (Å²) >= 11 is 0. The van der Waals surface area contributed by atoms with E-state index in [0.29, 0.717) is 19.3 Å². The molecular weight excluding hydrogens is 685 g/mol. The van der Waals surface area contributed by atoms with Crippen LogP contribution < -0.4 is 0 Å². The Balaban J connectivity index is 4.25. The van der Waals surface area contributed by atoms with Crippen LogP contribution in [-0.2, 0) is 28.6 Å². The van der Waals surface area contributed by atoms with Crippen molar-refractivity contribution < 1.29 is 28.6 Å². The number of hydrogen-bond acceptors (Lipinski definition) is 6. The molecule has 0 N–H and O–H groups in total. The molecule has 0 fully saturated rings. The molecule has 0 aliphatic rings. The van der Waals surface area contributed by atoms with Crippen molar-refractivity contribution in [2.45, 2.75) is 284 Å². The van der Waals surface area contributed by atoms with Gasteiger partial charge >= 0.3 is 17.9 Å². The number of esters is 3. The average molecular weight is 779 g/mol. The third-order valence-corrected chi connectivity index (χ3v) is 11.1. The van der Waals surface area contributed by atoms with Gasteiger partial charge in [-0.2, -0.15) is 0 Å². The summed E-state index contributed by atoms with van der Waals surface area (Å²) in [5.41, 5.74) is 0. The second-order valence-corrected chi connectivity index (χ2v) is 16.7. The van der Waals surface area contributed by atoms with Gasteiger partial charge in [0.05, 0.1) is 0 Å². The number of carbonyl (C=O) groups excluding carboxylic acids is 3. The van der Waals surface area contributed by atoms with Gasteiger partial charge in [-0.3, -0.25) is 14.4 Å². The molecule has 0 radical (unpaired) electrons. The second-order valence-electron chi connectivity index (χ2n) is 16.7. The molecule has 0 saturated heterocycles. The van der Waals surface area contributed by atoms with Crippen LogP contribution in [0.4, 0.5) is 0 Å². The summed E-state index contributed by atoms with van der Waals surface area (Å²) in [5.74, 6) is -0.848. The van der Waals surface area contributed by atoms with Crippen LogP contribution in [0.25, 0.3) is 0 Å². The van der Waals surface area contributed by atoms with Crippen LogP contribution >= 0.6 is 0 Å². The van der Waals surface area contributed by atoms with E-state index in [9.17, 15) is 14.4 Å². The van der Waals surface area contributed by atoms with Gasteiger partial charge in [-0.25, -0.2) is 0 Å².